The van der Waals surface area contributed by atoms with Crippen LogP contribution in [0, 0.1) is 0 Å². The van der Waals surface area contributed by atoms with Crippen LogP contribution in [0.1, 0.15) is 16.1 Å². The fourth-order valence-corrected chi connectivity index (χ4v) is 1.35. The zero-order valence-corrected chi connectivity index (χ0v) is 9.52. The maximum atomic E-state index is 12.3. The van der Waals surface area contributed by atoms with Gasteiger partial charge in [0.15, 0.2) is 0 Å². The van der Waals surface area contributed by atoms with Crippen LogP contribution in [0.25, 0.3) is 0 Å². The number of aromatic nitrogens is 1. The summed E-state index contributed by atoms with van der Waals surface area (Å²) in [5.41, 5.74) is -0.715. The topological polar surface area (TPSA) is 39.2 Å². The summed E-state index contributed by atoms with van der Waals surface area (Å²) >= 11 is 0. The summed E-state index contributed by atoms with van der Waals surface area (Å²) in [7, 11) is 0. The summed E-state index contributed by atoms with van der Waals surface area (Å²) in [5.74, 6) is -0.691. The first-order valence-corrected chi connectivity index (χ1v) is 5.27. The van der Waals surface area contributed by atoms with E-state index >= 15 is 0 Å². The van der Waals surface area contributed by atoms with E-state index < -0.39 is 17.7 Å². The van der Waals surface area contributed by atoms with Crippen molar-refractivity contribution < 1.29 is 22.7 Å². The molecule has 1 aromatic carbocycles. The van der Waals surface area contributed by atoms with Crippen LogP contribution in [0.3, 0.4) is 0 Å². The molecule has 1 heterocycles. The number of ether oxygens (including phenoxy) is 1. The van der Waals surface area contributed by atoms with Crippen molar-refractivity contribution in [2.24, 2.45) is 0 Å². The van der Waals surface area contributed by atoms with Crippen molar-refractivity contribution in [3.63, 3.8) is 0 Å². The molecule has 0 amide bonds. The molecule has 3 nitrogen and oxygen atoms in total. The summed E-state index contributed by atoms with van der Waals surface area (Å²) in [4.78, 5) is 15.4. The van der Waals surface area contributed by atoms with Gasteiger partial charge in [-0.3, -0.25) is 0 Å². The number of hydrogen-bond donors (Lipinski definition) is 0. The standard InChI is InChI=1S/C13H8F3NO2/c14-13(15,16)9-4-6-10(7-5-9)19-12(18)11-3-1-2-8-17-11/h1-8H. The lowest BCUT2D eigenvalue weighted by Crippen LogP contribution is -2.10. The summed E-state index contributed by atoms with van der Waals surface area (Å²) < 4.78 is 41.9. The predicted molar refractivity (Wildman–Crippen MR) is 60.6 cm³/mol. The highest BCUT2D eigenvalue weighted by atomic mass is 19.4. The molecule has 0 N–H and O–H groups in total. The minimum absolute atomic E-state index is 0.0312. The Kier molecular flexibility index (Phi) is 3.50. The van der Waals surface area contributed by atoms with Crippen LogP contribution in [-0.4, -0.2) is 11.0 Å². The first-order chi connectivity index (χ1) is 8.97. The zero-order valence-electron chi connectivity index (χ0n) is 9.52. The fraction of sp³-hybridized carbons (Fsp3) is 0.0769. The molecule has 98 valence electrons. The second-order valence-electron chi connectivity index (χ2n) is 3.63. The highest BCUT2D eigenvalue weighted by molar-refractivity contribution is 5.88. The van der Waals surface area contributed by atoms with Gasteiger partial charge in [0, 0.05) is 6.20 Å². The van der Waals surface area contributed by atoms with E-state index in [1.807, 2.05) is 0 Å². The summed E-state index contributed by atoms with van der Waals surface area (Å²) in [5, 5.41) is 0. The lowest BCUT2D eigenvalue weighted by atomic mass is 10.2. The van der Waals surface area contributed by atoms with E-state index in [0.29, 0.717) is 0 Å². The van der Waals surface area contributed by atoms with Gasteiger partial charge in [0.1, 0.15) is 11.4 Å². The van der Waals surface area contributed by atoms with E-state index in [9.17, 15) is 18.0 Å². The van der Waals surface area contributed by atoms with E-state index in [1.165, 1.54) is 12.3 Å². The molecule has 0 aliphatic heterocycles. The van der Waals surface area contributed by atoms with Crippen molar-refractivity contribution in [2.75, 3.05) is 0 Å². The molecule has 19 heavy (non-hydrogen) atoms. The van der Waals surface area contributed by atoms with Crippen molar-refractivity contribution >= 4 is 5.97 Å². The van der Waals surface area contributed by atoms with E-state index in [4.69, 9.17) is 4.74 Å². The molecule has 2 rings (SSSR count). The minimum Gasteiger partial charge on any atom is -0.422 e. The van der Waals surface area contributed by atoms with Crippen LogP contribution in [0.4, 0.5) is 13.2 Å². The lowest BCUT2D eigenvalue weighted by molar-refractivity contribution is -0.137. The van der Waals surface area contributed by atoms with E-state index in [2.05, 4.69) is 4.98 Å². The van der Waals surface area contributed by atoms with Gasteiger partial charge in [-0.2, -0.15) is 13.2 Å². The Morgan fingerprint density at radius 3 is 2.26 bits per heavy atom. The number of hydrogen-bond acceptors (Lipinski definition) is 3. The Morgan fingerprint density at radius 2 is 1.74 bits per heavy atom. The molecule has 0 aliphatic carbocycles. The first kappa shape index (κ1) is 13.1. The molecule has 0 saturated carbocycles. The van der Waals surface area contributed by atoms with E-state index in [-0.39, 0.29) is 11.4 Å². The van der Waals surface area contributed by atoms with Crippen molar-refractivity contribution in [2.45, 2.75) is 6.18 Å². The van der Waals surface area contributed by atoms with E-state index in [1.54, 1.807) is 12.1 Å². The van der Waals surface area contributed by atoms with Gasteiger partial charge < -0.3 is 4.74 Å². The van der Waals surface area contributed by atoms with Crippen LogP contribution >= 0.6 is 0 Å². The van der Waals surface area contributed by atoms with E-state index in [0.717, 1.165) is 24.3 Å². The quantitative estimate of drug-likeness (QED) is 0.619. The number of alkyl halides is 3. The monoisotopic (exact) mass is 267 g/mol. The minimum atomic E-state index is -4.41. The Labute approximate surface area is 106 Å². The van der Waals surface area contributed by atoms with Gasteiger partial charge in [0.2, 0.25) is 0 Å². The van der Waals surface area contributed by atoms with Gasteiger partial charge in [0.05, 0.1) is 5.56 Å². The Balaban J connectivity index is 2.10. The lowest BCUT2D eigenvalue weighted by Gasteiger charge is -2.07. The van der Waals surface area contributed by atoms with Gasteiger partial charge in [-0.25, -0.2) is 9.78 Å². The molecule has 0 spiro atoms. The molecule has 1 aromatic heterocycles. The maximum Gasteiger partial charge on any atom is 0.416 e. The van der Waals surface area contributed by atoms with Gasteiger partial charge in [-0.1, -0.05) is 6.07 Å². The number of benzene rings is 1. The largest absolute Gasteiger partial charge is 0.422 e. The number of pyridine rings is 1. The van der Waals surface area contributed by atoms with Crippen LogP contribution in [0.15, 0.2) is 48.7 Å². The maximum absolute atomic E-state index is 12.3. The highest BCUT2D eigenvalue weighted by Gasteiger charge is 2.30. The third-order valence-electron chi connectivity index (χ3n) is 2.27. The molecule has 0 bridgehead atoms. The predicted octanol–water partition coefficient (Wildman–Crippen LogP) is 3.32. The Morgan fingerprint density at radius 1 is 1.05 bits per heavy atom. The van der Waals surface area contributed by atoms with Gasteiger partial charge >= 0.3 is 12.1 Å². The molecule has 0 fully saturated rings. The normalized spacial score (nSPS) is 11.1. The summed E-state index contributed by atoms with van der Waals surface area (Å²) in [6, 6.07) is 8.56. The molecule has 0 atom stereocenters. The van der Waals surface area contributed by atoms with Gasteiger partial charge in [-0.05, 0) is 36.4 Å². The average Bonchev–Trinajstić information content (AvgIpc) is 2.39. The molecule has 0 saturated heterocycles. The molecule has 2 aromatic rings. The summed E-state index contributed by atoms with van der Waals surface area (Å²) in [6.45, 7) is 0. The third kappa shape index (κ3) is 3.31. The second-order valence-corrected chi connectivity index (χ2v) is 3.63. The number of nitrogens with zero attached hydrogens (tertiary/aromatic N) is 1. The van der Waals surface area contributed by atoms with Crippen LogP contribution in [0.2, 0.25) is 0 Å². The number of carbonyl (C=O) groups excluding carboxylic acids is 1. The number of esters is 1. The van der Waals surface area contributed by atoms with Crippen molar-refractivity contribution in [1.82, 2.24) is 4.98 Å². The Hall–Kier alpha value is -2.37. The first-order valence-electron chi connectivity index (χ1n) is 5.27. The number of halogens is 3. The van der Waals surface area contributed by atoms with Gasteiger partial charge in [-0.15, -0.1) is 0 Å². The van der Waals surface area contributed by atoms with Crippen LogP contribution < -0.4 is 4.74 Å². The zero-order chi connectivity index (χ0) is 13.9. The molecule has 0 aliphatic rings. The molecule has 6 heteroatoms. The Bertz CT molecular complexity index is 565. The fourth-order valence-electron chi connectivity index (χ4n) is 1.35. The highest BCUT2D eigenvalue weighted by Crippen LogP contribution is 2.30. The van der Waals surface area contributed by atoms with Crippen molar-refractivity contribution in [3.8, 4) is 5.75 Å². The number of carbonyl (C=O) groups is 1. The van der Waals surface area contributed by atoms with Crippen molar-refractivity contribution in [1.29, 1.82) is 0 Å². The molecule has 0 unspecified atom stereocenters. The molecule has 0 radical (unpaired) electrons. The van der Waals surface area contributed by atoms with Crippen LogP contribution in [0.5, 0.6) is 5.75 Å². The average molecular weight is 267 g/mol. The summed E-state index contributed by atoms with van der Waals surface area (Å²) in [6.07, 6.45) is -2.99. The smallest absolute Gasteiger partial charge is 0.416 e. The molecular weight excluding hydrogens is 259 g/mol. The molecular formula is C13H8F3NO2. The third-order valence-corrected chi connectivity index (χ3v) is 2.27. The van der Waals surface area contributed by atoms with Crippen LogP contribution in [-0.2, 0) is 6.18 Å². The van der Waals surface area contributed by atoms with Gasteiger partial charge in [0.25, 0.3) is 0 Å². The SMILES string of the molecule is O=C(Oc1ccc(C(F)(F)F)cc1)c1ccccn1. The number of rotatable bonds is 2. The second kappa shape index (κ2) is 5.09. The van der Waals surface area contributed by atoms with Crippen molar-refractivity contribution in [3.05, 3.63) is 59.9 Å².